The normalized spacial score (nSPS) is 18.9. The second-order valence-corrected chi connectivity index (χ2v) is 12.1. The Morgan fingerprint density at radius 3 is 2.64 bits per heavy atom. The van der Waals surface area contributed by atoms with Crippen molar-refractivity contribution in [1.29, 1.82) is 0 Å². The van der Waals surface area contributed by atoms with Crippen molar-refractivity contribution in [3.63, 3.8) is 0 Å². The Hall–Kier alpha value is -4.54. The fraction of sp³-hybridized carbons (Fsp3) is 0.324. The summed E-state index contributed by atoms with van der Waals surface area (Å²) in [7, 11) is 3.13. The highest BCUT2D eigenvalue weighted by molar-refractivity contribution is 6.36. The lowest BCUT2D eigenvalue weighted by atomic mass is 9.96. The van der Waals surface area contributed by atoms with Crippen molar-refractivity contribution in [3.8, 4) is 28.3 Å². The Morgan fingerprint density at radius 2 is 1.89 bits per heavy atom. The van der Waals surface area contributed by atoms with E-state index in [1.54, 1.807) is 13.2 Å². The first-order chi connectivity index (χ1) is 21.7. The second-order valence-electron chi connectivity index (χ2n) is 11.7. The highest BCUT2D eigenvalue weighted by Crippen LogP contribution is 2.44. The van der Waals surface area contributed by atoms with Crippen LogP contribution in [0.2, 0.25) is 5.02 Å². The number of nitrogens with one attached hydrogen (secondary N) is 3. The number of anilines is 1. The van der Waals surface area contributed by atoms with Crippen molar-refractivity contribution in [2.45, 2.75) is 45.2 Å². The number of rotatable bonds is 8. The molecule has 11 heteroatoms. The van der Waals surface area contributed by atoms with Gasteiger partial charge in [0.1, 0.15) is 5.56 Å². The van der Waals surface area contributed by atoms with Crippen molar-refractivity contribution in [2.75, 3.05) is 19.0 Å². The topological polar surface area (TPSA) is 127 Å². The number of carbonyl (C=O) groups is 2. The maximum absolute atomic E-state index is 13.0. The molecule has 1 aliphatic carbocycles. The average molecular weight is 627 g/mol. The summed E-state index contributed by atoms with van der Waals surface area (Å²) in [6.45, 7) is 4.80. The lowest BCUT2D eigenvalue weighted by molar-refractivity contribution is -0.119. The number of amides is 2. The van der Waals surface area contributed by atoms with Gasteiger partial charge in [-0.2, -0.15) is 5.10 Å². The minimum atomic E-state index is -0.512. The molecule has 0 bridgehead atoms. The highest BCUT2D eigenvalue weighted by Gasteiger charge is 2.35. The molecule has 0 spiro atoms. The van der Waals surface area contributed by atoms with Crippen LogP contribution in [-0.2, 0) is 18.3 Å². The maximum Gasteiger partial charge on any atom is 0.279 e. The van der Waals surface area contributed by atoms with Crippen molar-refractivity contribution >= 4 is 29.1 Å². The SMILES string of the molecule is COc1nc(-c2cccc(-c3cccc(NC(=O)c4ccnn(C)c4=O)c3C)c2Cl)cc2c1C(NCC1CCC(=O)N1)C(C)C2. The van der Waals surface area contributed by atoms with E-state index in [2.05, 4.69) is 34.0 Å². The fourth-order valence-electron chi connectivity index (χ4n) is 6.40. The first kappa shape index (κ1) is 30.5. The van der Waals surface area contributed by atoms with Gasteiger partial charge in [0, 0.05) is 60.7 Å². The number of hydrogen-bond donors (Lipinski definition) is 3. The van der Waals surface area contributed by atoms with Crippen molar-refractivity contribution in [1.82, 2.24) is 25.4 Å². The number of nitrogens with zero attached hydrogens (tertiary/aromatic N) is 3. The Labute approximate surface area is 266 Å². The summed E-state index contributed by atoms with van der Waals surface area (Å²) in [6.07, 6.45) is 3.68. The summed E-state index contributed by atoms with van der Waals surface area (Å²) in [5, 5.41) is 14.0. The molecule has 2 aromatic carbocycles. The molecule has 2 amide bonds. The smallest absolute Gasteiger partial charge is 0.279 e. The van der Waals surface area contributed by atoms with Gasteiger partial charge in [-0.1, -0.05) is 48.9 Å². The van der Waals surface area contributed by atoms with Crippen LogP contribution in [0.25, 0.3) is 22.4 Å². The summed E-state index contributed by atoms with van der Waals surface area (Å²) in [6, 6.07) is 15.1. The molecule has 3 heterocycles. The zero-order valence-electron chi connectivity index (χ0n) is 25.6. The van der Waals surface area contributed by atoms with Crippen molar-refractivity contribution in [2.24, 2.45) is 13.0 Å². The zero-order valence-corrected chi connectivity index (χ0v) is 26.4. The molecule has 232 valence electrons. The molecule has 0 saturated carbocycles. The van der Waals surface area contributed by atoms with Gasteiger partial charge in [-0.15, -0.1) is 0 Å². The van der Waals surface area contributed by atoms with E-state index in [-0.39, 0.29) is 23.6 Å². The molecule has 45 heavy (non-hydrogen) atoms. The Morgan fingerprint density at radius 1 is 1.13 bits per heavy atom. The number of hydrogen-bond acceptors (Lipinski definition) is 7. The van der Waals surface area contributed by atoms with E-state index in [0.717, 1.165) is 50.9 Å². The number of halogens is 1. The largest absolute Gasteiger partial charge is 0.481 e. The molecule has 2 aliphatic rings. The number of benzene rings is 2. The van der Waals surface area contributed by atoms with Gasteiger partial charge in [-0.05, 0) is 60.6 Å². The molecule has 1 aliphatic heterocycles. The van der Waals surface area contributed by atoms with Crippen LogP contribution in [0.1, 0.15) is 52.9 Å². The third kappa shape index (κ3) is 5.83. The van der Waals surface area contributed by atoms with Crippen LogP contribution in [0.3, 0.4) is 0 Å². The number of pyridine rings is 1. The van der Waals surface area contributed by atoms with E-state index in [9.17, 15) is 14.4 Å². The Kier molecular flexibility index (Phi) is 8.44. The van der Waals surface area contributed by atoms with E-state index in [4.69, 9.17) is 21.3 Å². The molecule has 3 N–H and O–H groups in total. The van der Waals surface area contributed by atoms with Crippen molar-refractivity contribution < 1.29 is 14.3 Å². The number of aromatic nitrogens is 3. The van der Waals surface area contributed by atoms with Crippen molar-refractivity contribution in [3.05, 3.63) is 92.4 Å². The van der Waals surface area contributed by atoms with Crippen LogP contribution in [0, 0.1) is 12.8 Å². The summed E-state index contributed by atoms with van der Waals surface area (Å²) >= 11 is 7.11. The van der Waals surface area contributed by atoms with E-state index in [0.29, 0.717) is 41.2 Å². The molecule has 6 rings (SSSR count). The predicted octanol–water partition coefficient (Wildman–Crippen LogP) is 4.83. The molecule has 4 aromatic rings. The second kappa shape index (κ2) is 12.5. The lowest BCUT2D eigenvalue weighted by Crippen LogP contribution is -2.38. The van der Waals surface area contributed by atoms with Crippen LogP contribution in [0.4, 0.5) is 5.69 Å². The highest BCUT2D eigenvalue weighted by atomic mass is 35.5. The van der Waals surface area contributed by atoms with Gasteiger partial charge in [0.25, 0.3) is 11.5 Å². The first-order valence-electron chi connectivity index (χ1n) is 15.0. The van der Waals surface area contributed by atoms with Gasteiger partial charge in [0.2, 0.25) is 11.8 Å². The van der Waals surface area contributed by atoms with E-state index in [1.807, 2.05) is 37.3 Å². The van der Waals surface area contributed by atoms with E-state index >= 15 is 0 Å². The van der Waals surface area contributed by atoms with Gasteiger partial charge in [0.05, 0.1) is 17.8 Å². The Balaban J connectivity index is 1.30. The molecule has 0 radical (unpaired) electrons. The molecule has 1 saturated heterocycles. The van der Waals surface area contributed by atoms with Crippen LogP contribution in [-0.4, -0.2) is 46.3 Å². The molecular weight excluding hydrogens is 592 g/mol. The quantitative estimate of drug-likeness (QED) is 0.256. The molecular formula is C34H35ClN6O4. The standard InChI is InChI=1S/C34H35ClN6O4/c1-18-15-20-16-27(40-33(45-4)29(20)31(18)36-17-21-11-12-28(42)38-21)24-9-5-8-23(30(24)35)22-7-6-10-26(19(22)2)39-32(43)25-13-14-37-41(3)34(25)44/h5-10,13-14,16,18,21,31,36H,11-12,15,17H2,1-4H3,(H,38,42)(H,39,43). The van der Waals surface area contributed by atoms with E-state index < -0.39 is 11.5 Å². The number of aryl methyl sites for hydroxylation is 1. The minimum Gasteiger partial charge on any atom is -0.481 e. The van der Waals surface area contributed by atoms with E-state index in [1.165, 1.54) is 19.3 Å². The molecule has 3 atom stereocenters. The number of ether oxygens (including phenoxy) is 1. The average Bonchev–Trinajstić information content (AvgIpc) is 3.59. The van der Waals surface area contributed by atoms with Crippen LogP contribution >= 0.6 is 11.6 Å². The summed E-state index contributed by atoms with van der Waals surface area (Å²) in [5.74, 6) is 0.471. The van der Waals surface area contributed by atoms with Crippen LogP contribution < -0.4 is 26.2 Å². The summed E-state index contributed by atoms with van der Waals surface area (Å²) < 4.78 is 6.96. The number of fused-ring (bicyclic) bond motifs is 1. The first-order valence-corrected chi connectivity index (χ1v) is 15.4. The number of methoxy groups -OCH3 is 1. The molecule has 10 nitrogen and oxygen atoms in total. The third-order valence-electron chi connectivity index (χ3n) is 8.79. The summed E-state index contributed by atoms with van der Waals surface area (Å²) in [4.78, 5) is 42.0. The zero-order chi connectivity index (χ0) is 31.8. The third-order valence-corrected chi connectivity index (χ3v) is 9.20. The van der Waals surface area contributed by atoms with Crippen LogP contribution in [0.5, 0.6) is 5.88 Å². The Bertz CT molecular complexity index is 1870. The van der Waals surface area contributed by atoms with Gasteiger partial charge in [-0.3, -0.25) is 14.4 Å². The molecule has 2 aromatic heterocycles. The van der Waals surface area contributed by atoms with Gasteiger partial charge in [0.15, 0.2) is 0 Å². The summed E-state index contributed by atoms with van der Waals surface area (Å²) in [5.41, 5.74) is 6.21. The molecule has 1 fully saturated rings. The molecule has 3 unspecified atom stereocenters. The van der Waals surface area contributed by atoms with Crippen LogP contribution in [0.15, 0.2) is 59.5 Å². The van der Waals surface area contributed by atoms with Gasteiger partial charge >= 0.3 is 0 Å². The monoisotopic (exact) mass is 626 g/mol. The number of carbonyl (C=O) groups excluding carboxylic acids is 2. The van der Waals surface area contributed by atoms with Gasteiger partial charge < -0.3 is 20.7 Å². The maximum atomic E-state index is 13.0. The fourth-order valence-corrected chi connectivity index (χ4v) is 6.72. The predicted molar refractivity (Wildman–Crippen MR) is 174 cm³/mol. The van der Waals surface area contributed by atoms with Gasteiger partial charge in [-0.25, -0.2) is 9.67 Å². The lowest BCUT2D eigenvalue weighted by Gasteiger charge is -2.22. The minimum absolute atomic E-state index is 0.00558.